The summed E-state index contributed by atoms with van der Waals surface area (Å²) in [6, 6.07) is 4.26. The Morgan fingerprint density at radius 3 is 2.90 bits per heavy atom. The molecule has 1 rings (SSSR count). The highest BCUT2D eigenvalue weighted by molar-refractivity contribution is 5.79. The molecule has 1 aromatic rings. The van der Waals surface area contributed by atoms with Crippen LogP contribution in [0.4, 0.5) is 0 Å². The van der Waals surface area contributed by atoms with Crippen LogP contribution >= 0.6 is 0 Å². The predicted octanol–water partition coefficient (Wildman–Crippen LogP) is 1.57. The van der Waals surface area contributed by atoms with Crippen LogP contribution < -0.4 is 15.4 Å². The first kappa shape index (κ1) is 17.2. The van der Waals surface area contributed by atoms with E-state index in [1.807, 2.05) is 12.1 Å². The highest BCUT2D eigenvalue weighted by Crippen LogP contribution is 2.13. The van der Waals surface area contributed by atoms with Crippen molar-refractivity contribution in [2.24, 2.45) is 4.99 Å². The van der Waals surface area contributed by atoms with Crippen LogP contribution in [0.2, 0.25) is 0 Å². The van der Waals surface area contributed by atoms with E-state index in [1.165, 1.54) is 0 Å². The van der Waals surface area contributed by atoms with Gasteiger partial charge in [-0.15, -0.1) is 0 Å². The summed E-state index contributed by atoms with van der Waals surface area (Å²) >= 11 is 0. The molecule has 1 unspecified atom stereocenters. The summed E-state index contributed by atoms with van der Waals surface area (Å²) in [4.78, 5) is 8.46. The molecule has 0 aliphatic heterocycles. The number of hydrogen-bond donors (Lipinski definition) is 2. The molecule has 0 spiro atoms. The van der Waals surface area contributed by atoms with Gasteiger partial charge in [0.05, 0.1) is 6.61 Å². The zero-order valence-corrected chi connectivity index (χ0v) is 13.3. The van der Waals surface area contributed by atoms with Crippen LogP contribution in [0.5, 0.6) is 5.88 Å². The van der Waals surface area contributed by atoms with Crippen LogP contribution in [0.15, 0.2) is 23.3 Å². The van der Waals surface area contributed by atoms with E-state index in [2.05, 4.69) is 34.5 Å². The lowest BCUT2D eigenvalue weighted by atomic mass is 10.2. The fourth-order valence-corrected chi connectivity index (χ4v) is 1.62. The Kier molecular flexibility index (Phi) is 8.19. The standard InChI is InChI=1S/C15H26N4O2/c1-5-12(2)19-15(16-3)18-11-13-7-6-8-17-14(13)21-10-9-20-4/h6-8,12H,5,9-11H2,1-4H3,(H2,16,18,19). The van der Waals surface area contributed by atoms with Crippen molar-refractivity contribution < 1.29 is 9.47 Å². The quantitative estimate of drug-likeness (QED) is 0.433. The number of guanidine groups is 1. The maximum Gasteiger partial charge on any atom is 0.218 e. The zero-order valence-electron chi connectivity index (χ0n) is 13.3. The Balaban J connectivity index is 2.57. The van der Waals surface area contributed by atoms with E-state index < -0.39 is 0 Å². The summed E-state index contributed by atoms with van der Waals surface area (Å²) < 4.78 is 10.6. The lowest BCUT2D eigenvalue weighted by Crippen LogP contribution is -2.41. The maximum atomic E-state index is 5.61. The monoisotopic (exact) mass is 294 g/mol. The fraction of sp³-hybridized carbons (Fsp3) is 0.600. The molecule has 0 aromatic carbocycles. The molecule has 6 heteroatoms. The number of pyridine rings is 1. The Morgan fingerprint density at radius 1 is 1.43 bits per heavy atom. The molecule has 0 bridgehead atoms. The average Bonchev–Trinajstić information content (AvgIpc) is 2.52. The number of rotatable bonds is 8. The van der Waals surface area contributed by atoms with E-state index >= 15 is 0 Å². The van der Waals surface area contributed by atoms with Crippen LogP contribution in [-0.2, 0) is 11.3 Å². The summed E-state index contributed by atoms with van der Waals surface area (Å²) in [7, 11) is 3.41. The van der Waals surface area contributed by atoms with Crippen LogP contribution in [0.1, 0.15) is 25.8 Å². The molecule has 0 radical (unpaired) electrons. The van der Waals surface area contributed by atoms with Gasteiger partial charge in [0.25, 0.3) is 0 Å². The Labute approximate surface area is 127 Å². The van der Waals surface area contributed by atoms with Gasteiger partial charge in [0.15, 0.2) is 5.96 Å². The van der Waals surface area contributed by atoms with Crippen molar-refractivity contribution in [1.82, 2.24) is 15.6 Å². The topological polar surface area (TPSA) is 67.8 Å². The van der Waals surface area contributed by atoms with Gasteiger partial charge in [-0.05, 0) is 19.4 Å². The molecule has 0 saturated heterocycles. The summed E-state index contributed by atoms with van der Waals surface area (Å²) in [5, 5.41) is 6.59. The van der Waals surface area contributed by atoms with Gasteiger partial charge in [0, 0.05) is 38.5 Å². The zero-order chi connectivity index (χ0) is 15.5. The van der Waals surface area contributed by atoms with E-state index in [0.717, 1.165) is 17.9 Å². The van der Waals surface area contributed by atoms with Gasteiger partial charge in [-0.25, -0.2) is 4.98 Å². The Bertz CT molecular complexity index is 437. The van der Waals surface area contributed by atoms with Crippen LogP contribution in [0, 0.1) is 0 Å². The van der Waals surface area contributed by atoms with Crippen molar-refractivity contribution in [3.05, 3.63) is 23.9 Å². The van der Waals surface area contributed by atoms with Gasteiger partial charge in [0.1, 0.15) is 6.61 Å². The van der Waals surface area contributed by atoms with Gasteiger partial charge in [-0.3, -0.25) is 4.99 Å². The van der Waals surface area contributed by atoms with Crippen molar-refractivity contribution in [2.75, 3.05) is 27.4 Å². The molecule has 0 saturated carbocycles. The van der Waals surface area contributed by atoms with Crippen LogP contribution in [-0.4, -0.2) is 44.4 Å². The van der Waals surface area contributed by atoms with Gasteiger partial charge in [0.2, 0.25) is 5.88 Å². The number of nitrogens with zero attached hydrogens (tertiary/aromatic N) is 2. The van der Waals surface area contributed by atoms with Crippen molar-refractivity contribution in [2.45, 2.75) is 32.9 Å². The maximum absolute atomic E-state index is 5.61. The third-order valence-corrected chi connectivity index (χ3v) is 3.04. The van der Waals surface area contributed by atoms with Crippen LogP contribution in [0.25, 0.3) is 0 Å². The third-order valence-electron chi connectivity index (χ3n) is 3.04. The second kappa shape index (κ2) is 9.99. The van der Waals surface area contributed by atoms with Crippen molar-refractivity contribution in [3.63, 3.8) is 0 Å². The van der Waals surface area contributed by atoms with Gasteiger partial charge in [-0.1, -0.05) is 13.0 Å². The number of hydrogen-bond acceptors (Lipinski definition) is 4. The normalized spacial score (nSPS) is 12.9. The number of methoxy groups -OCH3 is 1. The van der Waals surface area contributed by atoms with E-state index in [1.54, 1.807) is 20.4 Å². The van der Waals surface area contributed by atoms with Crippen molar-refractivity contribution in [1.29, 1.82) is 0 Å². The molecular weight excluding hydrogens is 268 g/mol. The number of aromatic nitrogens is 1. The van der Waals surface area contributed by atoms with Crippen molar-refractivity contribution in [3.8, 4) is 5.88 Å². The van der Waals surface area contributed by atoms with E-state index in [4.69, 9.17) is 9.47 Å². The van der Waals surface area contributed by atoms with Gasteiger partial charge < -0.3 is 20.1 Å². The number of aliphatic imine (C=N–C) groups is 1. The van der Waals surface area contributed by atoms with Crippen molar-refractivity contribution >= 4 is 5.96 Å². The predicted molar refractivity (Wildman–Crippen MR) is 84.7 cm³/mol. The minimum absolute atomic E-state index is 0.377. The summed E-state index contributed by atoms with van der Waals surface area (Å²) in [6.45, 7) is 5.89. The first-order valence-electron chi connectivity index (χ1n) is 7.24. The average molecular weight is 294 g/mol. The highest BCUT2D eigenvalue weighted by atomic mass is 16.5. The first-order valence-corrected chi connectivity index (χ1v) is 7.24. The van der Waals surface area contributed by atoms with E-state index in [9.17, 15) is 0 Å². The second-order valence-corrected chi connectivity index (χ2v) is 4.69. The molecule has 6 nitrogen and oxygen atoms in total. The van der Waals surface area contributed by atoms with E-state index in [-0.39, 0.29) is 0 Å². The summed E-state index contributed by atoms with van der Waals surface area (Å²) in [6.07, 6.45) is 2.76. The molecule has 1 heterocycles. The largest absolute Gasteiger partial charge is 0.475 e. The molecule has 1 atom stereocenters. The molecular formula is C15H26N4O2. The fourth-order valence-electron chi connectivity index (χ4n) is 1.62. The lowest BCUT2D eigenvalue weighted by molar-refractivity contribution is 0.143. The number of nitrogens with one attached hydrogen (secondary N) is 2. The minimum atomic E-state index is 0.377. The summed E-state index contributed by atoms with van der Waals surface area (Å²) in [5.74, 6) is 1.40. The Hall–Kier alpha value is -1.82. The van der Waals surface area contributed by atoms with E-state index in [0.29, 0.717) is 31.7 Å². The van der Waals surface area contributed by atoms with Gasteiger partial charge in [-0.2, -0.15) is 0 Å². The molecule has 0 amide bonds. The Morgan fingerprint density at radius 2 is 2.24 bits per heavy atom. The lowest BCUT2D eigenvalue weighted by Gasteiger charge is -2.17. The second-order valence-electron chi connectivity index (χ2n) is 4.69. The first-order chi connectivity index (χ1) is 10.2. The van der Waals surface area contributed by atoms with Gasteiger partial charge >= 0.3 is 0 Å². The minimum Gasteiger partial charge on any atom is -0.475 e. The smallest absolute Gasteiger partial charge is 0.218 e. The number of ether oxygens (including phenoxy) is 2. The molecule has 0 aliphatic carbocycles. The molecule has 21 heavy (non-hydrogen) atoms. The molecule has 0 aliphatic rings. The molecule has 118 valence electrons. The molecule has 2 N–H and O–H groups in total. The van der Waals surface area contributed by atoms with Crippen LogP contribution in [0.3, 0.4) is 0 Å². The highest BCUT2D eigenvalue weighted by Gasteiger charge is 2.07. The summed E-state index contributed by atoms with van der Waals surface area (Å²) in [5.41, 5.74) is 0.987. The molecule has 1 aromatic heterocycles. The third kappa shape index (κ3) is 6.44. The SMILES string of the molecule is CCC(C)NC(=NC)NCc1cccnc1OCCOC. The molecule has 0 fully saturated rings.